The molecule has 0 unspecified atom stereocenters. The Morgan fingerprint density at radius 2 is 2.00 bits per heavy atom. The topological polar surface area (TPSA) is 50.4 Å². The van der Waals surface area contributed by atoms with E-state index in [0.29, 0.717) is 26.1 Å². The lowest BCUT2D eigenvalue weighted by molar-refractivity contribution is -0.131. The first-order valence-electron chi connectivity index (χ1n) is 8.06. The van der Waals surface area contributed by atoms with Crippen LogP contribution < -0.4 is 10.6 Å². The Kier molecular flexibility index (Phi) is 4.74. The van der Waals surface area contributed by atoms with Gasteiger partial charge in [-0.2, -0.15) is 0 Å². The molecule has 5 heteroatoms. The fourth-order valence-electron chi connectivity index (χ4n) is 3.44. The first kappa shape index (κ1) is 15.4. The molecule has 22 heavy (non-hydrogen) atoms. The molecule has 1 aromatic carbocycles. The third kappa shape index (κ3) is 3.15. The van der Waals surface area contributed by atoms with Crippen molar-refractivity contribution in [1.82, 2.24) is 10.6 Å². The van der Waals surface area contributed by atoms with Crippen LogP contribution in [-0.2, 0) is 14.9 Å². The van der Waals surface area contributed by atoms with Crippen LogP contribution in [0.15, 0.2) is 24.3 Å². The Morgan fingerprint density at radius 3 is 2.68 bits per heavy atom. The summed E-state index contributed by atoms with van der Waals surface area (Å²) in [7, 11) is 0. The fraction of sp³-hybridized carbons (Fsp3) is 0.588. The van der Waals surface area contributed by atoms with E-state index in [2.05, 4.69) is 10.6 Å². The minimum Gasteiger partial charge on any atom is -0.381 e. The minimum absolute atomic E-state index is 0.0216. The van der Waals surface area contributed by atoms with Gasteiger partial charge in [0, 0.05) is 19.3 Å². The SMILES string of the molecule is O=C(NC1CCNCC1)C1(c2cccc(F)c2)CCOCC1. The molecule has 2 saturated heterocycles. The van der Waals surface area contributed by atoms with Crippen molar-refractivity contribution in [3.8, 4) is 0 Å². The van der Waals surface area contributed by atoms with Crippen LogP contribution in [0, 0.1) is 5.82 Å². The molecule has 2 heterocycles. The quantitative estimate of drug-likeness (QED) is 0.894. The zero-order valence-corrected chi connectivity index (χ0v) is 12.7. The van der Waals surface area contributed by atoms with Gasteiger partial charge in [0.25, 0.3) is 0 Å². The lowest BCUT2D eigenvalue weighted by Crippen LogP contribution is -2.52. The van der Waals surface area contributed by atoms with Gasteiger partial charge < -0.3 is 15.4 Å². The molecule has 3 rings (SSSR count). The molecular formula is C17H23FN2O2. The standard InChI is InChI=1S/C17H23FN2O2/c18-14-3-1-2-13(12-14)17(6-10-22-11-7-17)16(21)20-15-4-8-19-9-5-15/h1-3,12,15,19H,4-11H2,(H,20,21). The number of hydrogen-bond acceptors (Lipinski definition) is 3. The van der Waals surface area contributed by atoms with Crippen molar-refractivity contribution in [3.63, 3.8) is 0 Å². The number of nitrogens with one attached hydrogen (secondary N) is 2. The Hall–Kier alpha value is -1.46. The summed E-state index contributed by atoms with van der Waals surface area (Å²) >= 11 is 0. The first-order valence-corrected chi connectivity index (χ1v) is 8.06. The van der Waals surface area contributed by atoms with Crippen LogP contribution in [0.2, 0.25) is 0 Å². The van der Waals surface area contributed by atoms with Gasteiger partial charge in [0.1, 0.15) is 5.82 Å². The second-order valence-corrected chi connectivity index (χ2v) is 6.20. The summed E-state index contributed by atoms with van der Waals surface area (Å²) < 4.78 is 19.1. The Morgan fingerprint density at radius 1 is 1.27 bits per heavy atom. The highest BCUT2D eigenvalue weighted by atomic mass is 19.1. The molecule has 0 saturated carbocycles. The normalized spacial score (nSPS) is 22.2. The van der Waals surface area contributed by atoms with Gasteiger partial charge in [-0.1, -0.05) is 12.1 Å². The summed E-state index contributed by atoms with van der Waals surface area (Å²) in [5, 5.41) is 6.49. The van der Waals surface area contributed by atoms with Crippen LogP contribution in [0.4, 0.5) is 4.39 Å². The van der Waals surface area contributed by atoms with Crippen LogP contribution in [0.25, 0.3) is 0 Å². The third-order valence-corrected chi connectivity index (χ3v) is 4.83. The molecule has 1 amide bonds. The summed E-state index contributed by atoms with van der Waals surface area (Å²) in [5.41, 5.74) is 0.104. The summed E-state index contributed by atoms with van der Waals surface area (Å²) in [6, 6.07) is 6.66. The first-order chi connectivity index (χ1) is 10.7. The van der Waals surface area contributed by atoms with Crippen LogP contribution in [-0.4, -0.2) is 38.3 Å². The zero-order valence-electron chi connectivity index (χ0n) is 12.7. The number of ether oxygens (including phenoxy) is 1. The van der Waals surface area contributed by atoms with E-state index < -0.39 is 5.41 Å². The largest absolute Gasteiger partial charge is 0.381 e. The molecule has 0 aromatic heterocycles. The number of hydrogen-bond donors (Lipinski definition) is 2. The number of carbonyl (C=O) groups is 1. The van der Waals surface area contributed by atoms with Gasteiger partial charge in [-0.3, -0.25) is 4.79 Å². The van der Waals surface area contributed by atoms with Crippen molar-refractivity contribution < 1.29 is 13.9 Å². The Balaban J connectivity index is 1.83. The summed E-state index contributed by atoms with van der Waals surface area (Å²) in [6.45, 7) is 2.94. The molecular weight excluding hydrogens is 283 g/mol. The number of halogens is 1. The predicted octanol–water partition coefficient (Wildman–Crippen LogP) is 1.74. The number of carbonyl (C=O) groups excluding carboxylic acids is 1. The maximum atomic E-state index is 13.6. The predicted molar refractivity (Wildman–Crippen MR) is 82.2 cm³/mol. The van der Waals surface area contributed by atoms with Crippen LogP contribution in [0.1, 0.15) is 31.2 Å². The van der Waals surface area contributed by atoms with E-state index >= 15 is 0 Å². The molecule has 4 nitrogen and oxygen atoms in total. The highest BCUT2D eigenvalue weighted by molar-refractivity contribution is 5.88. The molecule has 0 atom stereocenters. The summed E-state index contributed by atoms with van der Waals surface area (Å²) in [6.07, 6.45) is 3.10. The van der Waals surface area contributed by atoms with E-state index in [4.69, 9.17) is 4.74 Å². The van der Waals surface area contributed by atoms with Gasteiger partial charge in [0.05, 0.1) is 5.41 Å². The maximum Gasteiger partial charge on any atom is 0.231 e. The average Bonchev–Trinajstić information content (AvgIpc) is 2.56. The molecule has 0 spiro atoms. The third-order valence-electron chi connectivity index (χ3n) is 4.83. The smallest absolute Gasteiger partial charge is 0.231 e. The second kappa shape index (κ2) is 6.75. The van der Waals surface area contributed by atoms with Crippen molar-refractivity contribution in [1.29, 1.82) is 0 Å². The van der Waals surface area contributed by atoms with E-state index in [9.17, 15) is 9.18 Å². The average molecular weight is 306 g/mol. The molecule has 2 aliphatic heterocycles. The monoisotopic (exact) mass is 306 g/mol. The molecule has 2 N–H and O–H groups in total. The van der Waals surface area contributed by atoms with Crippen molar-refractivity contribution in [2.24, 2.45) is 0 Å². The molecule has 2 fully saturated rings. The van der Waals surface area contributed by atoms with Gasteiger partial charge in [0.15, 0.2) is 0 Å². The number of rotatable bonds is 3. The van der Waals surface area contributed by atoms with Crippen molar-refractivity contribution in [2.45, 2.75) is 37.1 Å². The lowest BCUT2D eigenvalue weighted by atomic mass is 9.73. The number of amides is 1. The van der Waals surface area contributed by atoms with Gasteiger partial charge in [-0.05, 0) is 56.5 Å². The fourth-order valence-corrected chi connectivity index (χ4v) is 3.44. The van der Waals surface area contributed by atoms with E-state index in [0.717, 1.165) is 31.5 Å². The van der Waals surface area contributed by atoms with E-state index in [1.807, 2.05) is 6.07 Å². The molecule has 2 aliphatic rings. The van der Waals surface area contributed by atoms with E-state index in [1.54, 1.807) is 6.07 Å². The van der Waals surface area contributed by atoms with Crippen molar-refractivity contribution in [2.75, 3.05) is 26.3 Å². The van der Waals surface area contributed by atoms with Crippen LogP contribution >= 0.6 is 0 Å². The summed E-state index contributed by atoms with van der Waals surface area (Å²) in [4.78, 5) is 13.0. The van der Waals surface area contributed by atoms with Crippen LogP contribution in [0.3, 0.4) is 0 Å². The minimum atomic E-state index is -0.661. The Bertz CT molecular complexity index is 523. The van der Waals surface area contributed by atoms with Gasteiger partial charge in [0.2, 0.25) is 5.91 Å². The lowest BCUT2D eigenvalue weighted by Gasteiger charge is -2.38. The molecule has 0 radical (unpaired) electrons. The molecule has 1 aromatic rings. The van der Waals surface area contributed by atoms with E-state index in [1.165, 1.54) is 12.1 Å². The van der Waals surface area contributed by atoms with Gasteiger partial charge in [-0.25, -0.2) is 4.39 Å². The van der Waals surface area contributed by atoms with Crippen molar-refractivity contribution in [3.05, 3.63) is 35.6 Å². The zero-order chi connectivity index (χ0) is 15.4. The molecule has 0 aliphatic carbocycles. The van der Waals surface area contributed by atoms with Gasteiger partial charge >= 0.3 is 0 Å². The summed E-state index contributed by atoms with van der Waals surface area (Å²) in [5.74, 6) is -0.272. The number of piperidine rings is 1. The molecule has 120 valence electrons. The molecule has 0 bridgehead atoms. The number of benzene rings is 1. The second-order valence-electron chi connectivity index (χ2n) is 6.20. The van der Waals surface area contributed by atoms with Gasteiger partial charge in [-0.15, -0.1) is 0 Å². The van der Waals surface area contributed by atoms with E-state index in [-0.39, 0.29) is 17.8 Å². The highest BCUT2D eigenvalue weighted by Gasteiger charge is 2.42. The maximum absolute atomic E-state index is 13.6. The van der Waals surface area contributed by atoms with Crippen molar-refractivity contribution >= 4 is 5.91 Å². The Labute approximate surface area is 130 Å². The highest BCUT2D eigenvalue weighted by Crippen LogP contribution is 2.35. The van der Waals surface area contributed by atoms with Crippen LogP contribution in [0.5, 0.6) is 0 Å².